The van der Waals surface area contributed by atoms with Gasteiger partial charge in [-0.3, -0.25) is 9.69 Å². The second-order valence-electron chi connectivity index (χ2n) is 6.05. The van der Waals surface area contributed by atoms with Crippen LogP contribution in [0, 0.1) is 11.3 Å². The van der Waals surface area contributed by atoms with E-state index in [0.717, 1.165) is 52.1 Å². The van der Waals surface area contributed by atoms with Crippen molar-refractivity contribution >= 4 is 5.91 Å². The summed E-state index contributed by atoms with van der Waals surface area (Å²) in [5.41, 5.74) is 5.77. The number of carbonyl (C=O) groups excluding carboxylic acids is 1. The molecule has 4 heteroatoms. The van der Waals surface area contributed by atoms with E-state index in [1.807, 2.05) is 0 Å². The van der Waals surface area contributed by atoms with Gasteiger partial charge in [-0.2, -0.15) is 0 Å². The van der Waals surface area contributed by atoms with Crippen LogP contribution in [0.1, 0.15) is 26.7 Å². The Morgan fingerprint density at radius 1 is 1.29 bits per heavy atom. The number of rotatable bonds is 4. The predicted octanol–water partition coefficient (Wildman–Crippen LogP) is 0.526. The quantitative estimate of drug-likeness (QED) is 0.778. The van der Waals surface area contributed by atoms with E-state index in [-0.39, 0.29) is 11.3 Å². The monoisotopic (exact) mass is 239 g/mol. The molecule has 4 nitrogen and oxygen atoms in total. The summed E-state index contributed by atoms with van der Waals surface area (Å²) in [6.45, 7) is 10.0. The maximum absolute atomic E-state index is 12.2. The molecule has 1 heterocycles. The van der Waals surface area contributed by atoms with E-state index in [4.69, 9.17) is 5.73 Å². The largest absolute Gasteiger partial charge is 0.340 e. The van der Waals surface area contributed by atoms with Gasteiger partial charge in [-0.05, 0) is 31.3 Å². The van der Waals surface area contributed by atoms with Gasteiger partial charge in [0, 0.05) is 32.1 Å². The first-order chi connectivity index (χ1) is 8.04. The third-order valence-corrected chi connectivity index (χ3v) is 4.17. The van der Waals surface area contributed by atoms with Gasteiger partial charge in [-0.1, -0.05) is 13.8 Å². The van der Waals surface area contributed by atoms with Crippen LogP contribution in [-0.4, -0.2) is 55.0 Å². The summed E-state index contributed by atoms with van der Waals surface area (Å²) in [6.07, 6.45) is 2.13. The molecular weight excluding hydrogens is 214 g/mol. The summed E-state index contributed by atoms with van der Waals surface area (Å²) in [4.78, 5) is 16.6. The van der Waals surface area contributed by atoms with Crippen LogP contribution >= 0.6 is 0 Å². The third kappa shape index (κ3) is 2.99. The van der Waals surface area contributed by atoms with Crippen molar-refractivity contribution in [2.45, 2.75) is 26.7 Å². The molecule has 1 aliphatic carbocycles. The zero-order chi connectivity index (χ0) is 12.5. The van der Waals surface area contributed by atoms with E-state index in [1.54, 1.807) is 0 Å². The third-order valence-electron chi connectivity index (χ3n) is 4.17. The summed E-state index contributed by atoms with van der Waals surface area (Å²) in [6, 6.07) is 0. The number of piperazine rings is 1. The van der Waals surface area contributed by atoms with Crippen LogP contribution in [0.15, 0.2) is 0 Å². The molecule has 0 spiro atoms. The zero-order valence-electron chi connectivity index (χ0n) is 11.1. The van der Waals surface area contributed by atoms with Gasteiger partial charge in [0.1, 0.15) is 0 Å². The Balaban J connectivity index is 1.74. The highest BCUT2D eigenvalue weighted by atomic mass is 16.2. The SMILES string of the molecule is CC1(C)CC1C(=O)N1CCN(CCCN)CC1. The molecule has 1 amide bonds. The minimum atomic E-state index is 0.258. The fourth-order valence-electron chi connectivity index (χ4n) is 2.62. The van der Waals surface area contributed by atoms with Crippen LogP contribution in [0.3, 0.4) is 0 Å². The van der Waals surface area contributed by atoms with E-state index in [2.05, 4.69) is 23.6 Å². The maximum atomic E-state index is 12.2. The first-order valence-corrected chi connectivity index (χ1v) is 6.76. The van der Waals surface area contributed by atoms with Crippen molar-refractivity contribution < 1.29 is 4.79 Å². The molecule has 1 unspecified atom stereocenters. The molecule has 2 N–H and O–H groups in total. The van der Waals surface area contributed by atoms with Crippen LogP contribution < -0.4 is 5.73 Å². The highest BCUT2D eigenvalue weighted by molar-refractivity contribution is 5.82. The fourth-order valence-corrected chi connectivity index (χ4v) is 2.62. The summed E-state index contributed by atoms with van der Waals surface area (Å²) in [7, 11) is 0. The summed E-state index contributed by atoms with van der Waals surface area (Å²) < 4.78 is 0. The van der Waals surface area contributed by atoms with E-state index in [9.17, 15) is 4.79 Å². The Hall–Kier alpha value is -0.610. The van der Waals surface area contributed by atoms with Gasteiger partial charge < -0.3 is 10.6 Å². The number of hydrogen-bond donors (Lipinski definition) is 1. The first-order valence-electron chi connectivity index (χ1n) is 6.76. The average Bonchev–Trinajstić information content (AvgIpc) is 2.95. The minimum Gasteiger partial charge on any atom is -0.340 e. The van der Waals surface area contributed by atoms with E-state index in [0.29, 0.717) is 5.91 Å². The lowest BCUT2D eigenvalue weighted by Crippen LogP contribution is -2.49. The number of amides is 1. The van der Waals surface area contributed by atoms with Gasteiger partial charge >= 0.3 is 0 Å². The Morgan fingerprint density at radius 2 is 1.88 bits per heavy atom. The number of carbonyl (C=O) groups is 1. The second-order valence-corrected chi connectivity index (χ2v) is 6.05. The van der Waals surface area contributed by atoms with Crippen molar-refractivity contribution in [3.63, 3.8) is 0 Å². The smallest absolute Gasteiger partial charge is 0.226 e. The normalized spacial score (nSPS) is 28.2. The molecule has 1 saturated heterocycles. The van der Waals surface area contributed by atoms with Crippen molar-refractivity contribution in [1.29, 1.82) is 0 Å². The fraction of sp³-hybridized carbons (Fsp3) is 0.923. The Morgan fingerprint density at radius 3 is 2.35 bits per heavy atom. The topological polar surface area (TPSA) is 49.6 Å². The van der Waals surface area contributed by atoms with E-state index < -0.39 is 0 Å². The highest BCUT2D eigenvalue weighted by Crippen LogP contribution is 2.52. The molecule has 1 atom stereocenters. The predicted molar refractivity (Wildman–Crippen MR) is 68.6 cm³/mol. The molecule has 0 aromatic heterocycles. The molecule has 0 radical (unpaired) electrons. The van der Waals surface area contributed by atoms with Gasteiger partial charge in [0.25, 0.3) is 0 Å². The summed E-state index contributed by atoms with van der Waals surface area (Å²) in [5, 5.41) is 0. The van der Waals surface area contributed by atoms with Crippen molar-refractivity contribution in [1.82, 2.24) is 9.80 Å². The highest BCUT2D eigenvalue weighted by Gasteiger charge is 2.52. The molecule has 17 heavy (non-hydrogen) atoms. The molecule has 98 valence electrons. The number of nitrogens with two attached hydrogens (primary N) is 1. The van der Waals surface area contributed by atoms with Gasteiger partial charge in [0.05, 0.1) is 0 Å². The molecule has 2 aliphatic rings. The number of nitrogens with zero attached hydrogens (tertiary/aromatic N) is 2. The first kappa shape index (κ1) is 12.8. The van der Waals surface area contributed by atoms with Crippen LogP contribution in [-0.2, 0) is 4.79 Å². The van der Waals surface area contributed by atoms with E-state index >= 15 is 0 Å². The van der Waals surface area contributed by atoms with Crippen molar-refractivity contribution in [2.75, 3.05) is 39.3 Å². The maximum Gasteiger partial charge on any atom is 0.226 e. The zero-order valence-corrected chi connectivity index (χ0v) is 11.1. The van der Waals surface area contributed by atoms with Gasteiger partial charge in [0.15, 0.2) is 0 Å². The summed E-state index contributed by atoms with van der Waals surface area (Å²) in [5.74, 6) is 0.673. The standard InChI is InChI=1S/C13H25N3O/c1-13(2)10-11(13)12(17)16-8-6-15(7-9-16)5-3-4-14/h11H,3-10,14H2,1-2H3. The minimum absolute atomic E-state index is 0.258. The molecule has 0 aromatic carbocycles. The van der Waals surface area contributed by atoms with Crippen molar-refractivity contribution in [2.24, 2.45) is 17.1 Å². The second kappa shape index (κ2) is 4.94. The van der Waals surface area contributed by atoms with Gasteiger partial charge in [0.2, 0.25) is 5.91 Å². The molecule has 1 saturated carbocycles. The van der Waals surface area contributed by atoms with E-state index in [1.165, 1.54) is 0 Å². The Bertz CT molecular complexity index is 282. The molecule has 1 aliphatic heterocycles. The molecule has 2 fully saturated rings. The van der Waals surface area contributed by atoms with Crippen LogP contribution in [0.4, 0.5) is 0 Å². The Labute approximate surface area is 104 Å². The van der Waals surface area contributed by atoms with Crippen molar-refractivity contribution in [3.05, 3.63) is 0 Å². The average molecular weight is 239 g/mol. The lowest BCUT2D eigenvalue weighted by atomic mass is 10.1. The Kier molecular flexibility index (Phi) is 3.73. The molecule has 0 aromatic rings. The van der Waals surface area contributed by atoms with Gasteiger partial charge in [-0.15, -0.1) is 0 Å². The van der Waals surface area contributed by atoms with Crippen LogP contribution in [0.5, 0.6) is 0 Å². The molecule has 2 rings (SSSR count). The van der Waals surface area contributed by atoms with Crippen molar-refractivity contribution in [3.8, 4) is 0 Å². The number of hydrogen-bond acceptors (Lipinski definition) is 3. The van der Waals surface area contributed by atoms with Crippen LogP contribution in [0.2, 0.25) is 0 Å². The molecule has 0 bridgehead atoms. The lowest BCUT2D eigenvalue weighted by Gasteiger charge is -2.35. The van der Waals surface area contributed by atoms with Gasteiger partial charge in [-0.25, -0.2) is 0 Å². The molecular formula is C13H25N3O. The summed E-state index contributed by atoms with van der Waals surface area (Å²) >= 11 is 0. The van der Waals surface area contributed by atoms with Crippen LogP contribution in [0.25, 0.3) is 0 Å². The lowest BCUT2D eigenvalue weighted by molar-refractivity contribution is -0.135.